The first-order valence-corrected chi connectivity index (χ1v) is 5.96. The van der Waals surface area contributed by atoms with Crippen LogP contribution in [0.4, 0.5) is 0 Å². The molecule has 0 amide bonds. The molecule has 0 aromatic rings. The van der Waals surface area contributed by atoms with Crippen molar-refractivity contribution in [3.63, 3.8) is 0 Å². The van der Waals surface area contributed by atoms with Crippen molar-refractivity contribution in [2.75, 3.05) is 7.05 Å². The van der Waals surface area contributed by atoms with Crippen molar-refractivity contribution >= 4 is 10.8 Å². The van der Waals surface area contributed by atoms with Gasteiger partial charge in [-0.2, -0.15) is 0 Å². The standard InChI is InChI=1S/C10H19NO2S/c1-5-6-10(8-7-9(2)3)14(12,13)11-4/h5-9,11-13H,1H2,2-4H3/b8-7-,10-6+. The van der Waals surface area contributed by atoms with Crippen LogP contribution in [0.3, 0.4) is 0 Å². The highest BCUT2D eigenvalue weighted by atomic mass is 32.3. The van der Waals surface area contributed by atoms with Gasteiger partial charge in [-0.15, -0.1) is 10.8 Å². The summed E-state index contributed by atoms with van der Waals surface area (Å²) in [6.45, 7) is 7.57. The van der Waals surface area contributed by atoms with Gasteiger partial charge in [0.1, 0.15) is 0 Å². The molecule has 0 aromatic heterocycles. The summed E-state index contributed by atoms with van der Waals surface area (Å²) >= 11 is 0. The normalized spacial score (nSPS) is 15.1. The van der Waals surface area contributed by atoms with Gasteiger partial charge in [-0.05, 0) is 18.1 Å². The van der Waals surface area contributed by atoms with Crippen molar-refractivity contribution in [1.82, 2.24) is 4.72 Å². The van der Waals surface area contributed by atoms with Gasteiger partial charge in [0.15, 0.2) is 0 Å². The molecule has 3 N–H and O–H groups in total. The first-order chi connectivity index (χ1) is 6.44. The zero-order chi connectivity index (χ0) is 11.2. The Labute approximate surface area is 87.7 Å². The van der Waals surface area contributed by atoms with Gasteiger partial charge < -0.3 is 0 Å². The molecule has 3 nitrogen and oxygen atoms in total. The minimum atomic E-state index is -2.87. The average molecular weight is 217 g/mol. The number of hydrogen-bond donors (Lipinski definition) is 3. The van der Waals surface area contributed by atoms with Gasteiger partial charge in [0.05, 0.1) is 4.91 Å². The molecule has 0 aliphatic heterocycles. The molecule has 0 fully saturated rings. The zero-order valence-corrected chi connectivity index (χ0v) is 9.71. The van der Waals surface area contributed by atoms with Crippen LogP contribution in [0.5, 0.6) is 0 Å². The Morgan fingerprint density at radius 1 is 1.43 bits per heavy atom. The Morgan fingerprint density at radius 2 is 2.00 bits per heavy atom. The molecule has 0 radical (unpaired) electrons. The van der Waals surface area contributed by atoms with E-state index in [0.29, 0.717) is 10.8 Å². The fraction of sp³-hybridized carbons (Fsp3) is 0.400. The van der Waals surface area contributed by atoms with Crippen molar-refractivity contribution < 1.29 is 9.11 Å². The Hall–Kier alpha value is -0.550. The van der Waals surface area contributed by atoms with E-state index in [1.54, 1.807) is 12.2 Å². The van der Waals surface area contributed by atoms with E-state index in [9.17, 15) is 9.11 Å². The van der Waals surface area contributed by atoms with Crippen molar-refractivity contribution in [1.29, 1.82) is 0 Å². The minimum absolute atomic E-state index is 0.371. The van der Waals surface area contributed by atoms with Gasteiger partial charge in [-0.3, -0.25) is 9.11 Å². The highest BCUT2D eigenvalue weighted by molar-refractivity contribution is 8.26. The van der Waals surface area contributed by atoms with E-state index in [-0.39, 0.29) is 0 Å². The van der Waals surface area contributed by atoms with Crippen molar-refractivity contribution in [2.45, 2.75) is 13.8 Å². The number of rotatable bonds is 5. The molecule has 0 aromatic carbocycles. The predicted molar refractivity (Wildman–Crippen MR) is 64.2 cm³/mol. The second kappa shape index (κ2) is 6.03. The van der Waals surface area contributed by atoms with Gasteiger partial charge >= 0.3 is 0 Å². The molecular weight excluding hydrogens is 198 g/mol. The van der Waals surface area contributed by atoms with Crippen LogP contribution in [0, 0.1) is 5.92 Å². The zero-order valence-electron chi connectivity index (χ0n) is 8.90. The van der Waals surface area contributed by atoms with Crippen LogP contribution in [0.1, 0.15) is 13.8 Å². The fourth-order valence-electron chi connectivity index (χ4n) is 0.767. The Balaban J connectivity index is 4.79. The third-order valence-corrected chi connectivity index (χ3v) is 3.04. The van der Waals surface area contributed by atoms with Crippen LogP contribution in [0.25, 0.3) is 0 Å². The largest absolute Gasteiger partial charge is 0.282 e. The smallest absolute Gasteiger partial charge is 0.0746 e. The summed E-state index contributed by atoms with van der Waals surface area (Å²) in [6, 6.07) is 0. The Kier molecular flexibility index (Phi) is 5.79. The molecule has 0 atom stereocenters. The third kappa shape index (κ3) is 4.62. The van der Waals surface area contributed by atoms with Gasteiger partial charge in [0.25, 0.3) is 0 Å². The molecule has 0 unspecified atom stereocenters. The van der Waals surface area contributed by atoms with E-state index >= 15 is 0 Å². The van der Waals surface area contributed by atoms with Crippen LogP contribution in [-0.4, -0.2) is 16.2 Å². The van der Waals surface area contributed by atoms with Crippen LogP contribution in [0.15, 0.2) is 35.8 Å². The van der Waals surface area contributed by atoms with Crippen LogP contribution >= 0.6 is 10.8 Å². The van der Waals surface area contributed by atoms with E-state index in [2.05, 4.69) is 11.3 Å². The Morgan fingerprint density at radius 3 is 2.36 bits per heavy atom. The molecule has 0 rings (SSSR count). The summed E-state index contributed by atoms with van der Waals surface area (Å²) in [5, 5.41) is 0. The van der Waals surface area contributed by atoms with E-state index in [4.69, 9.17) is 0 Å². The molecule has 0 aliphatic rings. The molecule has 0 saturated heterocycles. The van der Waals surface area contributed by atoms with Crippen molar-refractivity contribution in [3.8, 4) is 0 Å². The lowest BCUT2D eigenvalue weighted by atomic mass is 10.2. The maximum atomic E-state index is 9.59. The quantitative estimate of drug-likeness (QED) is 0.620. The first-order valence-electron chi connectivity index (χ1n) is 4.41. The lowest BCUT2D eigenvalue weighted by Crippen LogP contribution is -2.15. The molecule has 4 heteroatoms. The third-order valence-electron chi connectivity index (χ3n) is 1.54. The first kappa shape index (κ1) is 13.4. The molecule has 14 heavy (non-hydrogen) atoms. The lowest BCUT2D eigenvalue weighted by Gasteiger charge is -2.32. The molecule has 82 valence electrons. The van der Waals surface area contributed by atoms with E-state index < -0.39 is 10.8 Å². The minimum Gasteiger partial charge on any atom is -0.282 e. The number of allylic oxidation sites excluding steroid dienone is 4. The molecule has 0 heterocycles. The summed E-state index contributed by atoms with van der Waals surface area (Å²) in [6.07, 6.45) is 6.73. The second-order valence-electron chi connectivity index (χ2n) is 3.16. The van der Waals surface area contributed by atoms with Crippen LogP contribution in [0.2, 0.25) is 0 Å². The van der Waals surface area contributed by atoms with Crippen molar-refractivity contribution in [3.05, 3.63) is 35.8 Å². The summed E-state index contributed by atoms with van der Waals surface area (Å²) in [5.41, 5.74) is 0. The molecule has 0 aliphatic carbocycles. The maximum absolute atomic E-state index is 9.59. The summed E-state index contributed by atoms with van der Waals surface area (Å²) in [4.78, 5) is 0.448. The second-order valence-corrected chi connectivity index (χ2v) is 5.14. The maximum Gasteiger partial charge on any atom is 0.0746 e. The number of nitrogens with one attached hydrogen (secondary N) is 1. The fourth-order valence-corrected chi connectivity index (χ4v) is 1.56. The molecule has 0 saturated carbocycles. The number of hydrogen-bond acceptors (Lipinski definition) is 3. The van der Waals surface area contributed by atoms with E-state index in [1.165, 1.54) is 13.1 Å². The van der Waals surface area contributed by atoms with Gasteiger partial charge in [0.2, 0.25) is 0 Å². The van der Waals surface area contributed by atoms with Gasteiger partial charge in [0, 0.05) is 7.05 Å². The van der Waals surface area contributed by atoms with Crippen LogP contribution in [-0.2, 0) is 0 Å². The highest BCUT2D eigenvalue weighted by Gasteiger charge is 2.12. The topological polar surface area (TPSA) is 52.5 Å². The molecular formula is C10H19NO2S. The van der Waals surface area contributed by atoms with E-state index in [0.717, 1.165) is 0 Å². The van der Waals surface area contributed by atoms with Crippen LogP contribution < -0.4 is 4.72 Å². The SMILES string of the molecule is C=C/C=C(\C=C/C(C)C)S(O)(O)NC. The lowest BCUT2D eigenvalue weighted by molar-refractivity contribution is 0.486. The molecule has 0 bridgehead atoms. The molecule has 0 spiro atoms. The van der Waals surface area contributed by atoms with Gasteiger partial charge in [-0.1, -0.05) is 32.6 Å². The summed E-state index contributed by atoms with van der Waals surface area (Å²) in [5.74, 6) is 0.371. The summed E-state index contributed by atoms with van der Waals surface area (Å²) in [7, 11) is -1.36. The van der Waals surface area contributed by atoms with E-state index in [1.807, 2.05) is 19.9 Å². The average Bonchev–Trinajstić information content (AvgIpc) is 2.11. The predicted octanol–water partition coefficient (Wildman–Crippen LogP) is 3.15. The highest BCUT2D eigenvalue weighted by Crippen LogP contribution is 2.43. The van der Waals surface area contributed by atoms with Gasteiger partial charge in [-0.25, -0.2) is 4.72 Å². The Bertz CT molecular complexity index is 245. The monoisotopic (exact) mass is 217 g/mol. The summed E-state index contributed by atoms with van der Waals surface area (Å²) < 4.78 is 21.7. The van der Waals surface area contributed by atoms with Crippen molar-refractivity contribution in [2.24, 2.45) is 5.92 Å².